The van der Waals surface area contributed by atoms with E-state index < -0.39 is 8.80 Å². The van der Waals surface area contributed by atoms with E-state index in [2.05, 4.69) is 0 Å². The van der Waals surface area contributed by atoms with Crippen LogP contribution in [0.4, 0.5) is 0 Å². The molecule has 0 aromatic rings. The summed E-state index contributed by atoms with van der Waals surface area (Å²) in [5.74, 6) is -0.332. The third-order valence-electron chi connectivity index (χ3n) is 1.95. The van der Waals surface area contributed by atoms with Crippen LogP contribution in [0.5, 0.6) is 0 Å². The number of hydrogen-bond donors (Lipinski definition) is 0. The minimum Gasteiger partial charge on any atom is -0.373 e. The van der Waals surface area contributed by atoms with Gasteiger partial charge in [-0.15, -0.1) is 0 Å². The van der Waals surface area contributed by atoms with Gasteiger partial charge in [0.05, 0.1) is 12.5 Å². The Bertz CT molecular complexity index is 237. The molecule has 100 valence electrons. The average molecular weight is 262 g/mol. The molecule has 0 fully saturated rings. The molecule has 0 aromatic heterocycles. The van der Waals surface area contributed by atoms with Gasteiger partial charge in [0.25, 0.3) is 0 Å². The summed E-state index contributed by atoms with van der Waals surface area (Å²) in [6.07, 6.45) is -0.0814. The van der Waals surface area contributed by atoms with Crippen molar-refractivity contribution in [2.45, 2.75) is 40.2 Å². The van der Waals surface area contributed by atoms with Crippen molar-refractivity contribution in [2.24, 2.45) is 0 Å². The van der Waals surface area contributed by atoms with Crippen LogP contribution >= 0.6 is 0 Å². The smallest absolute Gasteiger partial charge is 0.373 e. The molecular weight excluding hydrogens is 240 g/mol. The van der Waals surface area contributed by atoms with E-state index >= 15 is 0 Å². The fourth-order valence-electron chi connectivity index (χ4n) is 1.52. The highest BCUT2D eigenvalue weighted by atomic mass is 28.4. The van der Waals surface area contributed by atoms with Crippen LogP contribution in [-0.4, -0.2) is 40.2 Å². The Labute approximate surface area is 104 Å². The van der Waals surface area contributed by atoms with Crippen molar-refractivity contribution in [3.8, 4) is 0 Å². The van der Waals surface area contributed by atoms with Crippen molar-refractivity contribution in [1.29, 1.82) is 0 Å². The first kappa shape index (κ1) is 16.4. The lowest BCUT2D eigenvalue weighted by Gasteiger charge is -2.27. The van der Waals surface area contributed by atoms with Gasteiger partial charge in [-0.2, -0.15) is 0 Å². The lowest BCUT2D eigenvalue weighted by atomic mass is 10.2. The SMILES string of the molecule is CCO[Si](CC(=O)CC(C)=O)(OCC)OCC. The second kappa shape index (κ2) is 8.52. The Hall–Kier alpha value is -0.563. The van der Waals surface area contributed by atoms with Gasteiger partial charge in [-0.25, -0.2) is 0 Å². The Morgan fingerprint density at radius 3 is 1.65 bits per heavy atom. The predicted octanol–water partition coefficient (Wildman–Crippen LogP) is 1.58. The largest absolute Gasteiger partial charge is 0.508 e. The molecule has 17 heavy (non-hydrogen) atoms. The van der Waals surface area contributed by atoms with Gasteiger partial charge in [-0.3, -0.25) is 9.59 Å². The monoisotopic (exact) mass is 262 g/mol. The molecule has 0 aromatic carbocycles. The van der Waals surface area contributed by atoms with Crippen LogP contribution < -0.4 is 0 Å². The van der Waals surface area contributed by atoms with Crippen LogP contribution in [0.15, 0.2) is 0 Å². The van der Waals surface area contributed by atoms with Crippen molar-refractivity contribution >= 4 is 20.4 Å². The van der Waals surface area contributed by atoms with Gasteiger partial charge >= 0.3 is 8.80 Å². The summed E-state index contributed by atoms with van der Waals surface area (Å²) < 4.78 is 16.6. The molecule has 5 nitrogen and oxygen atoms in total. The average Bonchev–Trinajstić information content (AvgIpc) is 2.16. The summed E-state index contributed by atoms with van der Waals surface area (Å²) in [5.41, 5.74) is 0. The van der Waals surface area contributed by atoms with Gasteiger partial charge in [-0.05, 0) is 27.7 Å². The maximum Gasteiger partial charge on any atom is 0.508 e. The van der Waals surface area contributed by atoms with Gasteiger partial charge in [-0.1, -0.05) is 0 Å². The van der Waals surface area contributed by atoms with Crippen molar-refractivity contribution in [3.63, 3.8) is 0 Å². The highest BCUT2D eigenvalue weighted by Gasteiger charge is 2.42. The molecular formula is C11H22O5Si. The molecule has 0 unspecified atom stereocenters. The second-order valence-electron chi connectivity index (χ2n) is 3.58. The van der Waals surface area contributed by atoms with Gasteiger partial charge in [0.15, 0.2) is 0 Å². The summed E-state index contributed by atoms with van der Waals surface area (Å²) in [5, 5.41) is 0. The van der Waals surface area contributed by atoms with Crippen molar-refractivity contribution in [2.75, 3.05) is 19.8 Å². The minimum atomic E-state index is -2.93. The molecule has 0 aliphatic heterocycles. The summed E-state index contributed by atoms with van der Waals surface area (Å²) in [6.45, 7) is 8.17. The first-order valence-corrected chi connectivity index (χ1v) is 7.85. The number of carbonyl (C=O) groups is 2. The molecule has 0 radical (unpaired) electrons. The van der Waals surface area contributed by atoms with Gasteiger partial charge < -0.3 is 13.3 Å². The molecule has 0 spiro atoms. The Morgan fingerprint density at radius 2 is 1.35 bits per heavy atom. The molecule has 0 saturated heterocycles. The summed E-state index contributed by atoms with van der Waals surface area (Å²) in [6, 6.07) is 0.0715. The van der Waals surface area contributed by atoms with E-state index in [1.807, 2.05) is 20.8 Å². The number of rotatable bonds is 10. The van der Waals surface area contributed by atoms with Crippen molar-refractivity contribution in [3.05, 3.63) is 0 Å². The number of ketones is 2. The summed E-state index contributed by atoms with van der Waals surface area (Å²) in [4.78, 5) is 22.6. The summed E-state index contributed by atoms with van der Waals surface area (Å²) in [7, 11) is -2.93. The fraction of sp³-hybridized carbons (Fsp3) is 0.818. The Balaban J connectivity index is 4.63. The first-order valence-electron chi connectivity index (χ1n) is 5.92. The van der Waals surface area contributed by atoms with Crippen LogP contribution in [0, 0.1) is 0 Å². The van der Waals surface area contributed by atoms with Crippen LogP contribution in [-0.2, 0) is 22.9 Å². The topological polar surface area (TPSA) is 61.8 Å². The molecule has 0 atom stereocenters. The van der Waals surface area contributed by atoms with E-state index in [4.69, 9.17) is 13.3 Å². The van der Waals surface area contributed by atoms with E-state index in [1.165, 1.54) is 6.92 Å². The lowest BCUT2D eigenvalue weighted by molar-refractivity contribution is -0.125. The highest BCUT2D eigenvalue weighted by Crippen LogP contribution is 2.17. The second-order valence-corrected chi connectivity index (χ2v) is 6.16. The lowest BCUT2D eigenvalue weighted by Crippen LogP contribution is -2.47. The Morgan fingerprint density at radius 1 is 0.941 bits per heavy atom. The van der Waals surface area contributed by atoms with Gasteiger partial charge in [0.2, 0.25) is 0 Å². The zero-order chi connectivity index (χ0) is 13.3. The van der Waals surface area contributed by atoms with E-state index in [-0.39, 0.29) is 24.0 Å². The number of hydrogen-bond acceptors (Lipinski definition) is 5. The van der Waals surface area contributed by atoms with E-state index in [0.717, 1.165) is 0 Å². The van der Waals surface area contributed by atoms with Crippen LogP contribution in [0.3, 0.4) is 0 Å². The van der Waals surface area contributed by atoms with Crippen molar-refractivity contribution in [1.82, 2.24) is 0 Å². The number of Topliss-reactive ketones (excluding diaryl/α,β-unsaturated/α-hetero) is 2. The standard InChI is InChI=1S/C11H22O5Si/c1-5-14-17(15-6-2,16-7-3)9-11(13)8-10(4)12/h5-9H2,1-4H3. The fourth-order valence-corrected chi connectivity index (χ4v) is 4.00. The van der Waals surface area contributed by atoms with Gasteiger partial charge in [0, 0.05) is 19.8 Å². The maximum absolute atomic E-state index is 11.7. The molecule has 0 aliphatic rings. The van der Waals surface area contributed by atoms with Crippen LogP contribution in [0.25, 0.3) is 0 Å². The highest BCUT2D eigenvalue weighted by molar-refractivity contribution is 6.64. The molecule has 0 rings (SSSR count). The third kappa shape index (κ3) is 6.67. The van der Waals surface area contributed by atoms with Crippen LogP contribution in [0.2, 0.25) is 6.04 Å². The quantitative estimate of drug-likeness (QED) is 0.442. The van der Waals surface area contributed by atoms with E-state index in [9.17, 15) is 9.59 Å². The summed E-state index contributed by atoms with van der Waals surface area (Å²) >= 11 is 0. The molecule has 0 N–H and O–H groups in total. The normalized spacial score (nSPS) is 11.5. The third-order valence-corrected chi connectivity index (χ3v) is 4.97. The molecule has 0 amide bonds. The molecule has 0 bridgehead atoms. The predicted molar refractivity (Wildman–Crippen MR) is 65.7 cm³/mol. The molecule has 0 saturated carbocycles. The zero-order valence-electron chi connectivity index (χ0n) is 11.1. The van der Waals surface area contributed by atoms with Crippen LogP contribution in [0.1, 0.15) is 34.1 Å². The van der Waals surface area contributed by atoms with Crippen molar-refractivity contribution < 1.29 is 22.9 Å². The first-order chi connectivity index (χ1) is 7.99. The molecule has 0 aliphatic carbocycles. The molecule has 6 heteroatoms. The number of carbonyl (C=O) groups excluding carboxylic acids is 2. The maximum atomic E-state index is 11.7. The van der Waals surface area contributed by atoms with E-state index in [1.54, 1.807) is 0 Å². The Kier molecular flexibility index (Phi) is 8.23. The zero-order valence-corrected chi connectivity index (χ0v) is 12.1. The van der Waals surface area contributed by atoms with Gasteiger partial charge in [0.1, 0.15) is 11.6 Å². The van der Waals surface area contributed by atoms with E-state index in [0.29, 0.717) is 19.8 Å². The minimum absolute atomic E-state index is 0.0715. The molecule has 0 heterocycles.